The quantitative estimate of drug-likeness (QED) is 0.768. The summed E-state index contributed by atoms with van der Waals surface area (Å²) in [6, 6.07) is 3.77. The number of nitrogens with one attached hydrogen (secondary N) is 1. The first-order valence-corrected chi connectivity index (χ1v) is 6.69. The Morgan fingerprint density at radius 2 is 1.48 bits per heavy atom. The second-order valence-corrected chi connectivity index (χ2v) is 5.70. The highest BCUT2D eigenvalue weighted by molar-refractivity contribution is 5.31. The van der Waals surface area contributed by atoms with Crippen molar-refractivity contribution >= 4 is 0 Å². The van der Waals surface area contributed by atoms with Crippen molar-refractivity contribution in [2.75, 3.05) is 7.05 Å². The molecule has 0 bridgehead atoms. The van der Waals surface area contributed by atoms with Crippen LogP contribution >= 0.6 is 0 Å². The molecule has 6 heteroatoms. The number of rotatable bonds is 5. The van der Waals surface area contributed by atoms with E-state index in [1.165, 1.54) is 12.1 Å². The predicted octanol–water partition coefficient (Wildman–Crippen LogP) is 4.83. The summed E-state index contributed by atoms with van der Waals surface area (Å²) in [5.41, 5.74) is 0.662. The van der Waals surface area contributed by atoms with Gasteiger partial charge in [-0.2, -0.15) is 22.0 Å². The molecule has 0 saturated heterocycles. The minimum atomic E-state index is -5.60. The molecule has 0 aliphatic carbocycles. The Kier molecular flexibility index (Phi) is 5.03. The van der Waals surface area contributed by atoms with Crippen molar-refractivity contribution in [1.29, 1.82) is 0 Å². The third kappa shape index (κ3) is 3.54. The fourth-order valence-corrected chi connectivity index (χ4v) is 2.05. The average Bonchev–Trinajstić information content (AvgIpc) is 2.38. The Morgan fingerprint density at radius 3 is 1.81 bits per heavy atom. The molecule has 120 valence electrons. The Hall–Kier alpha value is -1.17. The van der Waals surface area contributed by atoms with E-state index in [1.54, 1.807) is 12.1 Å². The summed E-state index contributed by atoms with van der Waals surface area (Å²) in [6.45, 7) is 5.96. The number of benzene rings is 1. The van der Waals surface area contributed by atoms with Crippen molar-refractivity contribution in [3.63, 3.8) is 0 Å². The highest BCUT2D eigenvalue weighted by atomic mass is 19.4. The van der Waals surface area contributed by atoms with Crippen LogP contribution in [-0.4, -0.2) is 19.1 Å². The molecule has 1 unspecified atom stereocenters. The second-order valence-electron chi connectivity index (χ2n) is 5.70. The molecule has 0 saturated carbocycles. The van der Waals surface area contributed by atoms with Gasteiger partial charge in [0.05, 0.1) is 0 Å². The first kappa shape index (κ1) is 17.9. The van der Waals surface area contributed by atoms with E-state index in [2.05, 4.69) is 5.32 Å². The molecule has 0 spiro atoms. The monoisotopic (exact) mass is 309 g/mol. The molecule has 1 atom stereocenters. The molecule has 1 nitrogen and oxygen atoms in total. The van der Waals surface area contributed by atoms with Crippen LogP contribution in [-0.2, 0) is 5.41 Å². The highest BCUT2D eigenvalue weighted by Gasteiger charge is 2.62. The van der Waals surface area contributed by atoms with Gasteiger partial charge in [0.1, 0.15) is 6.04 Å². The molecule has 1 aromatic carbocycles. The summed E-state index contributed by atoms with van der Waals surface area (Å²) in [7, 11) is 1.09. The zero-order valence-electron chi connectivity index (χ0n) is 12.5. The zero-order chi connectivity index (χ0) is 16.5. The number of alkyl halides is 5. The van der Waals surface area contributed by atoms with Crippen LogP contribution in [0.1, 0.15) is 44.4 Å². The lowest BCUT2D eigenvalue weighted by molar-refractivity contribution is -0.293. The number of hydrogen-bond acceptors (Lipinski definition) is 1. The summed E-state index contributed by atoms with van der Waals surface area (Å²) in [6.07, 6.45) is -4.76. The Bertz CT molecular complexity index is 462. The molecular weight excluding hydrogens is 289 g/mol. The lowest BCUT2D eigenvalue weighted by atomic mass is 9.81. The Labute approximate surface area is 121 Å². The van der Waals surface area contributed by atoms with Gasteiger partial charge in [0.2, 0.25) is 0 Å². The van der Waals surface area contributed by atoms with Crippen LogP contribution < -0.4 is 5.32 Å². The van der Waals surface area contributed by atoms with E-state index < -0.39 is 18.1 Å². The van der Waals surface area contributed by atoms with E-state index in [1.807, 2.05) is 20.8 Å². The molecule has 0 aliphatic rings. The topological polar surface area (TPSA) is 12.0 Å². The van der Waals surface area contributed by atoms with Gasteiger partial charge in [-0.05, 0) is 30.0 Å². The van der Waals surface area contributed by atoms with E-state index in [9.17, 15) is 22.0 Å². The molecule has 1 rings (SSSR count). The van der Waals surface area contributed by atoms with E-state index >= 15 is 0 Å². The summed E-state index contributed by atoms with van der Waals surface area (Å²) in [5.74, 6) is -4.83. The van der Waals surface area contributed by atoms with Gasteiger partial charge in [-0.1, -0.05) is 45.0 Å². The van der Waals surface area contributed by atoms with E-state index in [0.717, 1.165) is 19.0 Å². The second kappa shape index (κ2) is 5.91. The van der Waals surface area contributed by atoms with Gasteiger partial charge in [-0.15, -0.1) is 0 Å². The predicted molar refractivity (Wildman–Crippen MR) is 72.6 cm³/mol. The normalized spacial score (nSPS) is 15.1. The minimum Gasteiger partial charge on any atom is -0.308 e. The van der Waals surface area contributed by atoms with Crippen LogP contribution in [0.2, 0.25) is 0 Å². The fraction of sp³-hybridized carbons (Fsp3) is 0.600. The largest absolute Gasteiger partial charge is 0.455 e. The van der Waals surface area contributed by atoms with Crippen molar-refractivity contribution in [1.82, 2.24) is 5.32 Å². The third-order valence-electron chi connectivity index (χ3n) is 3.94. The van der Waals surface area contributed by atoms with Crippen LogP contribution in [0.15, 0.2) is 24.3 Å². The maximum absolute atomic E-state index is 13.5. The standard InChI is InChI=1S/C15H20F5N/c1-5-13(2,3)11-8-6-10(7-9-11)12(21-4)14(16,17)15(18,19)20/h6-9,12,21H,5H2,1-4H3. The zero-order valence-corrected chi connectivity index (χ0v) is 12.5. The molecule has 0 aliphatic heterocycles. The Morgan fingerprint density at radius 1 is 1.00 bits per heavy atom. The van der Waals surface area contributed by atoms with Crippen LogP contribution in [0, 0.1) is 0 Å². The van der Waals surface area contributed by atoms with Crippen molar-refractivity contribution in [3.8, 4) is 0 Å². The third-order valence-corrected chi connectivity index (χ3v) is 3.94. The van der Waals surface area contributed by atoms with Gasteiger partial charge in [-0.3, -0.25) is 0 Å². The molecule has 0 radical (unpaired) electrons. The number of hydrogen-bond donors (Lipinski definition) is 1. The molecule has 1 aromatic rings. The lowest BCUT2D eigenvalue weighted by Gasteiger charge is -2.29. The molecule has 0 heterocycles. The van der Waals surface area contributed by atoms with Crippen molar-refractivity contribution in [3.05, 3.63) is 35.4 Å². The van der Waals surface area contributed by atoms with Gasteiger partial charge >= 0.3 is 12.1 Å². The summed E-state index contributed by atoms with van der Waals surface area (Å²) in [4.78, 5) is 0. The van der Waals surface area contributed by atoms with E-state index in [-0.39, 0.29) is 11.0 Å². The number of halogens is 5. The van der Waals surface area contributed by atoms with Gasteiger partial charge in [0, 0.05) is 0 Å². The molecule has 0 amide bonds. The SMILES string of the molecule is CCC(C)(C)c1ccc(C(NC)C(F)(F)C(F)(F)F)cc1. The molecular formula is C15H20F5N. The van der Waals surface area contributed by atoms with Gasteiger partial charge in [-0.25, -0.2) is 0 Å². The summed E-state index contributed by atoms with van der Waals surface area (Å²) >= 11 is 0. The molecule has 21 heavy (non-hydrogen) atoms. The first-order valence-electron chi connectivity index (χ1n) is 6.69. The van der Waals surface area contributed by atoms with Crippen molar-refractivity contribution in [2.45, 2.75) is 50.7 Å². The molecule has 0 fully saturated rings. The van der Waals surface area contributed by atoms with Crippen LogP contribution in [0.25, 0.3) is 0 Å². The minimum absolute atomic E-state index is 0.0875. The first-order chi connectivity index (χ1) is 9.47. The van der Waals surface area contributed by atoms with Gasteiger partial charge in [0.15, 0.2) is 0 Å². The van der Waals surface area contributed by atoms with E-state index in [4.69, 9.17) is 0 Å². The average molecular weight is 309 g/mol. The fourth-order valence-electron chi connectivity index (χ4n) is 2.05. The lowest BCUT2D eigenvalue weighted by Crippen LogP contribution is -2.47. The molecule has 0 aromatic heterocycles. The maximum Gasteiger partial charge on any atom is 0.455 e. The van der Waals surface area contributed by atoms with E-state index in [0.29, 0.717) is 0 Å². The maximum atomic E-state index is 13.5. The van der Waals surface area contributed by atoms with Crippen LogP contribution in [0.5, 0.6) is 0 Å². The van der Waals surface area contributed by atoms with Crippen LogP contribution in [0.3, 0.4) is 0 Å². The van der Waals surface area contributed by atoms with Crippen molar-refractivity contribution in [2.24, 2.45) is 0 Å². The van der Waals surface area contributed by atoms with Gasteiger partial charge in [0.25, 0.3) is 0 Å². The molecule has 1 N–H and O–H groups in total. The summed E-state index contributed by atoms with van der Waals surface area (Å²) < 4.78 is 64.5. The van der Waals surface area contributed by atoms with Crippen molar-refractivity contribution < 1.29 is 22.0 Å². The smallest absolute Gasteiger partial charge is 0.308 e. The van der Waals surface area contributed by atoms with Gasteiger partial charge < -0.3 is 5.32 Å². The highest BCUT2D eigenvalue weighted by Crippen LogP contribution is 2.44. The summed E-state index contributed by atoms with van der Waals surface area (Å²) in [5, 5.41) is 2.07. The Balaban J connectivity index is 3.15. The van der Waals surface area contributed by atoms with Crippen LogP contribution in [0.4, 0.5) is 22.0 Å².